The SMILES string of the molecule is Fc1ccc(-[n+]2c3ccc(F)cc3c(-c3c(F)c(F)c(F)c(F)c3F)c3cc(F)ccc32)c(F)c1. The molecular formula is C25H9F9N+. The first-order chi connectivity index (χ1) is 16.6. The van der Waals surface area contributed by atoms with Crippen LogP contribution in [0.1, 0.15) is 0 Å². The van der Waals surface area contributed by atoms with E-state index < -0.39 is 74.3 Å². The molecule has 0 saturated carbocycles. The zero-order valence-corrected chi connectivity index (χ0v) is 17.0. The van der Waals surface area contributed by atoms with Gasteiger partial charge in [-0.2, -0.15) is 8.96 Å². The fourth-order valence-corrected chi connectivity index (χ4v) is 4.10. The molecule has 1 nitrogen and oxygen atoms in total. The number of hydrogen-bond donors (Lipinski definition) is 0. The quantitative estimate of drug-likeness (QED) is 0.0805. The van der Waals surface area contributed by atoms with Crippen molar-refractivity contribution in [2.24, 2.45) is 0 Å². The van der Waals surface area contributed by atoms with Gasteiger partial charge in [-0.05, 0) is 30.3 Å². The summed E-state index contributed by atoms with van der Waals surface area (Å²) < 4.78 is 130. The molecule has 0 N–H and O–H groups in total. The first kappa shape index (κ1) is 22.7. The first-order valence-corrected chi connectivity index (χ1v) is 9.84. The van der Waals surface area contributed by atoms with Crippen LogP contribution in [0, 0.1) is 52.4 Å². The Kier molecular flexibility index (Phi) is 5.19. The molecule has 1 heterocycles. The van der Waals surface area contributed by atoms with E-state index in [1.54, 1.807) is 0 Å². The monoisotopic (exact) mass is 494 g/mol. The summed E-state index contributed by atoms with van der Waals surface area (Å²) in [5, 5.41) is -0.843. The summed E-state index contributed by atoms with van der Waals surface area (Å²) in [7, 11) is 0. The summed E-state index contributed by atoms with van der Waals surface area (Å²) in [5.74, 6) is -15.3. The van der Waals surface area contributed by atoms with Crippen molar-refractivity contribution in [3.63, 3.8) is 0 Å². The Labute approximate surface area is 190 Å². The van der Waals surface area contributed by atoms with Crippen LogP contribution in [-0.4, -0.2) is 0 Å². The molecule has 10 heteroatoms. The highest BCUT2D eigenvalue weighted by Crippen LogP contribution is 2.40. The lowest BCUT2D eigenvalue weighted by atomic mass is 9.94. The fraction of sp³-hybridized carbons (Fsp3) is 0. The molecule has 4 aromatic carbocycles. The molecule has 0 unspecified atom stereocenters. The van der Waals surface area contributed by atoms with E-state index in [-0.39, 0.29) is 16.7 Å². The molecule has 0 fully saturated rings. The van der Waals surface area contributed by atoms with Gasteiger partial charge in [0.2, 0.25) is 22.5 Å². The average molecular weight is 494 g/mol. The average Bonchev–Trinajstić information content (AvgIpc) is 2.82. The maximum absolute atomic E-state index is 14.9. The van der Waals surface area contributed by atoms with Gasteiger partial charge in [0.25, 0.3) is 0 Å². The van der Waals surface area contributed by atoms with Crippen molar-refractivity contribution in [2.45, 2.75) is 0 Å². The number of aromatic nitrogens is 1. The maximum Gasteiger partial charge on any atom is 0.247 e. The molecule has 0 aliphatic rings. The second kappa shape index (κ2) is 8.00. The molecule has 0 bridgehead atoms. The number of hydrogen-bond acceptors (Lipinski definition) is 0. The molecule has 0 radical (unpaired) electrons. The molecule has 0 aliphatic carbocycles. The molecule has 176 valence electrons. The lowest BCUT2D eigenvalue weighted by molar-refractivity contribution is -0.540. The van der Waals surface area contributed by atoms with Crippen LogP contribution < -0.4 is 4.57 Å². The van der Waals surface area contributed by atoms with E-state index in [2.05, 4.69) is 0 Å². The third-order valence-electron chi connectivity index (χ3n) is 5.55. The van der Waals surface area contributed by atoms with E-state index in [1.165, 1.54) is 0 Å². The molecule has 5 rings (SSSR count). The number of nitrogens with zero attached hydrogens (tertiary/aromatic N) is 1. The normalized spacial score (nSPS) is 11.6. The van der Waals surface area contributed by atoms with E-state index >= 15 is 0 Å². The highest BCUT2D eigenvalue weighted by atomic mass is 19.2. The first-order valence-electron chi connectivity index (χ1n) is 9.84. The summed E-state index contributed by atoms with van der Waals surface area (Å²) in [5.41, 5.74) is -2.71. The van der Waals surface area contributed by atoms with Crippen LogP contribution in [0.3, 0.4) is 0 Å². The zero-order chi connectivity index (χ0) is 25.2. The van der Waals surface area contributed by atoms with Gasteiger partial charge in [-0.25, -0.2) is 35.1 Å². The van der Waals surface area contributed by atoms with Crippen molar-refractivity contribution in [1.82, 2.24) is 0 Å². The summed E-state index contributed by atoms with van der Waals surface area (Å²) in [4.78, 5) is 0. The van der Waals surface area contributed by atoms with Gasteiger partial charge in [0.05, 0.1) is 16.3 Å². The van der Waals surface area contributed by atoms with Crippen LogP contribution in [-0.2, 0) is 0 Å². The summed E-state index contributed by atoms with van der Waals surface area (Å²) in [6.45, 7) is 0. The summed E-state index contributed by atoms with van der Waals surface area (Å²) >= 11 is 0. The van der Waals surface area contributed by atoms with Gasteiger partial charge in [-0.1, -0.05) is 0 Å². The smallest absolute Gasteiger partial charge is 0.207 e. The van der Waals surface area contributed by atoms with Crippen molar-refractivity contribution in [3.05, 3.63) is 107 Å². The minimum absolute atomic E-state index is 0.144. The highest BCUT2D eigenvalue weighted by Gasteiger charge is 2.33. The second-order valence-electron chi connectivity index (χ2n) is 7.57. The number of pyridine rings is 1. The molecule has 5 aromatic rings. The Hall–Kier alpha value is -4.08. The van der Waals surface area contributed by atoms with Crippen molar-refractivity contribution in [3.8, 4) is 16.8 Å². The molecule has 1 aromatic heterocycles. The van der Waals surface area contributed by atoms with Crippen molar-refractivity contribution in [1.29, 1.82) is 0 Å². The third kappa shape index (κ3) is 3.39. The Morgan fingerprint density at radius 1 is 0.429 bits per heavy atom. The molecule has 0 atom stereocenters. The van der Waals surface area contributed by atoms with Crippen LogP contribution in [0.15, 0.2) is 54.6 Å². The molecule has 0 spiro atoms. The van der Waals surface area contributed by atoms with Crippen molar-refractivity contribution < 1.29 is 44.1 Å². The van der Waals surface area contributed by atoms with E-state index in [9.17, 15) is 39.5 Å². The van der Waals surface area contributed by atoms with Crippen LogP contribution >= 0.6 is 0 Å². The molecule has 0 aliphatic heterocycles. The molecule has 35 heavy (non-hydrogen) atoms. The Bertz CT molecular complexity index is 1600. The van der Waals surface area contributed by atoms with Gasteiger partial charge in [-0.3, -0.25) is 0 Å². The summed E-state index contributed by atoms with van der Waals surface area (Å²) in [6.07, 6.45) is 0. The number of benzene rings is 4. The maximum atomic E-state index is 14.9. The minimum atomic E-state index is -2.41. The number of halogens is 9. The summed E-state index contributed by atoms with van der Waals surface area (Å²) in [6, 6.07) is 7.91. The van der Waals surface area contributed by atoms with Crippen LogP contribution in [0.5, 0.6) is 0 Å². The topological polar surface area (TPSA) is 3.88 Å². The van der Waals surface area contributed by atoms with Gasteiger partial charge in [-0.15, -0.1) is 0 Å². The molecule has 0 saturated heterocycles. The number of fused-ring (bicyclic) bond motifs is 2. The van der Waals surface area contributed by atoms with Crippen LogP contribution in [0.4, 0.5) is 39.5 Å². The van der Waals surface area contributed by atoms with E-state index in [0.29, 0.717) is 6.07 Å². The Balaban J connectivity index is 2.09. The predicted molar refractivity (Wildman–Crippen MR) is 108 cm³/mol. The van der Waals surface area contributed by atoms with Crippen molar-refractivity contribution in [2.75, 3.05) is 0 Å². The van der Waals surface area contributed by atoms with Gasteiger partial charge in [0.15, 0.2) is 29.1 Å². The van der Waals surface area contributed by atoms with Crippen LogP contribution in [0.2, 0.25) is 0 Å². The standard InChI is InChI=1S/C25H9F9N/c26-10-1-4-16-13(7-10)19(20-21(30)23(32)25(34)24(33)22(20)31)14-8-11(27)2-5-17(14)35(16)18-6-3-12(28)9-15(18)29/h1-9H/q+1. The van der Waals surface area contributed by atoms with Gasteiger partial charge in [0.1, 0.15) is 17.5 Å². The van der Waals surface area contributed by atoms with E-state index in [4.69, 9.17) is 0 Å². The third-order valence-corrected chi connectivity index (χ3v) is 5.55. The minimum Gasteiger partial charge on any atom is -0.207 e. The second-order valence-corrected chi connectivity index (χ2v) is 7.57. The predicted octanol–water partition coefficient (Wildman–Crippen LogP) is 7.19. The van der Waals surface area contributed by atoms with E-state index in [0.717, 1.165) is 53.1 Å². The largest absolute Gasteiger partial charge is 0.247 e. The fourth-order valence-electron chi connectivity index (χ4n) is 4.10. The molecule has 0 amide bonds. The molecular weight excluding hydrogens is 485 g/mol. The van der Waals surface area contributed by atoms with Crippen molar-refractivity contribution >= 4 is 21.8 Å². The number of rotatable bonds is 2. The van der Waals surface area contributed by atoms with Crippen LogP contribution in [0.25, 0.3) is 38.6 Å². The Morgan fingerprint density at radius 3 is 1.34 bits per heavy atom. The van der Waals surface area contributed by atoms with Gasteiger partial charge >= 0.3 is 0 Å². The zero-order valence-electron chi connectivity index (χ0n) is 17.0. The van der Waals surface area contributed by atoms with E-state index in [1.807, 2.05) is 0 Å². The highest BCUT2D eigenvalue weighted by molar-refractivity contribution is 6.07. The lowest BCUT2D eigenvalue weighted by Crippen LogP contribution is -2.34. The lowest BCUT2D eigenvalue weighted by Gasteiger charge is -2.15. The van der Waals surface area contributed by atoms with Gasteiger partial charge in [0, 0.05) is 29.8 Å². The Morgan fingerprint density at radius 2 is 0.857 bits per heavy atom. The van der Waals surface area contributed by atoms with Gasteiger partial charge < -0.3 is 0 Å².